The van der Waals surface area contributed by atoms with Crippen LogP contribution in [0.4, 0.5) is 5.13 Å². The molecule has 2 unspecified atom stereocenters. The Morgan fingerprint density at radius 2 is 2.24 bits per heavy atom. The van der Waals surface area contributed by atoms with E-state index in [1.807, 2.05) is 0 Å². The van der Waals surface area contributed by atoms with Gasteiger partial charge in [0.1, 0.15) is 0 Å². The molecule has 0 amide bonds. The SMILES string of the molecule is CN1CCC(CN(C)c2nc3c(s2)C(O)CC(C)(C)C3)C1. The van der Waals surface area contributed by atoms with E-state index in [0.717, 1.165) is 41.0 Å². The summed E-state index contributed by atoms with van der Waals surface area (Å²) in [5.41, 5.74) is 1.28. The standard InChI is InChI=1S/C16H27N3OS/c1-16(2)7-12-14(13(20)8-16)21-15(17-12)19(4)10-11-5-6-18(3)9-11/h11,13,20H,5-10H2,1-4H3. The second-order valence-corrected chi connectivity index (χ2v) is 8.67. The Morgan fingerprint density at radius 1 is 1.48 bits per heavy atom. The van der Waals surface area contributed by atoms with Gasteiger partial charge in [-0.05, 0) is 44.2 Å². The van der Waals surface area contributed by atoms with Crippen molar-refractivity contribution in [2.24, 2.45) is 11.3 Å². The Hall–Kier alpha value is -0.650. The van der Waals surface area contributed by atoms with Crippen LogP contribution < -0.4 is 4.90 Å². The number of thiazole rings is 1. The predicted molar refractivity (Wildman–Crippen MR) is 88.0 cm³/mol. The zero-order valence-electron chi connectivity index (χ0n) is 13.6. The molecule has 2 aliphatic rings. The maximum Gasteiger partial charge on any atom is 0.185 e. The van der Waals surface area contributed by atoms with Crippen molar-refractivity contribution in [3.05, 3.63) is 10.6 Å². The largest absolute Gasteiger partial charge is 0.387 e. The molecule has 1 fully saturated rings. The average molecular weight is 309 g/mol. The topological polar surface area (TPSA) is 39.6 Å². The van der Waals surface area contributed by atoms with E-state index < -0.39 is 0 Å². The van der Waals surface area contributed by atoms with Crippen LogP contribution in [0.2, 0.25) is 0 Å². The molecule has 1 aromatic heterocycles. The van der Waals surface area contributed by atoms with Gasteiger partial charge in [-0.25, -0.2) is 4.98 Å². The third kappa shape index (κ3) is 3.25. The summed E-state index contributed by atoms with van der Waals surface area (Å²) in [6.45, 7) is 7.90. The summed E-state index contributed by atoms with van der Waals surface area (Å²) in [6, 6.07) is 0. The lowest BCUT2D eigenvalue weighted by atomic mass is 9.77. The first-order valence-corrected chi connectivity index (χ1v) is 8.73. The second kappa shape index (κ2) is 5.52. The first kappa shape index (κ1) is 15.3. The van der Waals surface area contributed by atoms with Gasteiger partial charge in [-0.1, -0.05) is 25.2 Å². The van der Waals surface area contributed by atoms with Crippen LogP contribution in [-0.4, -0.2) is 48.7 Å². The van der Waals surface area contributed by atoms with Gasteiger partial charge in [-0.2, -0.15) is 0 Å². The molecule has 0 aromatic carbocycles. The van der Waals surface area contributed by atoms with E-state index in [1.54, 1.807) is 11.3 Å². The summed E-state index contributed by atoms with van der Waals surface area (Å²) in [5.74, 6) is 0.738. The molecule has 1 aliphatic carbocycles. The van der Waals surface area contributed by atoms with Crippen LogP contribution in [0.25, 0.3) is 0 Å². The lowest BCUT2D eigenvalue weighted by Gasteiger charge is -2.31. The molecular formula is C16H27N3OS. The van der Waals surface area contributed by atoms with E-state index in [-0.39, 0.29) is 11.5 Å². The summed E-state index contributed by atoms with van der Waals surface area (Å²) in [7, 11) is 4.33. The number of hydrogen-bond acceptors (Lipinski definition) is 5. The molecule has 2 atom stereocenters. The maximum atomic E-state index is 10.4. The normalized spacial score (nSPS) is 28.6. The molecule has 0 spiro atoms. The van der Waals surface area contributed by atoms with Crippen molar-refractivity contribution < 1.29 is 5.11 Å². The molecule has 118 valence electrons. The first-order chi connectivity index (χ1) is 9.84. The monoisotopic (exact) mass is 309 g/mol. The molecule has 21 heavy (non-hydrogen) atoms. The van der Waals surface area contributed by atoms with Crippen molar-refractivity contribution in [1.82, 2.24) is 9.88 Å². The molecule has 5 heteroatoms. The fourth-order valence-electron chi connectivity index (χ4n) is 3.68. The van der Waals surface area contributed by atoms with Gasteiger partial charge in [0, 0.05) is 20.1 Å². The molecule has 1 aliphatic heterocycles. The summed E-state index contributed by atoms with van der Waals surface area (Å²) >= 11 is 1.69. The van der Waals surface area contributed by atoms with Gasteiger partial charge >= 0.3 is 0 Å². The quantitative estimate of drug-likeness (QED) is 0.931. The highest BCUT2D eigenvalue weighted by molar-refractivity contribution is 7.15. The van der Waals surface area contributed by atoms with Gasteiger partial charge in [0.2, 0.25) is 0 Å². The van der Waals surface area contributed by atoms with Crippen molar-refractivity contribution in [1.29, 1.82) is 0 Å². The summed E-state index contributed by atoms with van der Waals surface area (Å²) in [6.07, 6.45) is 2.77. The van der Waals surface area contributed by atoms with E-state index >= 15 is 0 Å². The van der Waals surface area contributed by atoms with Gasteiger partial charge in [0.15, 0.2) is 5.13 Å². The number of anilines is 1. The van der Waals surface area contributed by atoms with Crippen LogP contribution in [0, 0.1) is 11.3 Å². The molecule has 1 N–H and O–H groups in total. The predicted octanol–water partition coefficient (Wildman–Crippen LogP) is 2.54. The van der Waals surface area contributed by atoms with Gasteiger partial charge in [0.25, 0.3) is 0 Å². The Labute approximate surface area is 131 Å². The molecule has 2 heterocycles. The third-order valence-corrected chi connectivity index (χ3v) is 6.07. The zero-order chi connectivity index (χ0) is 15.2. The van der Waals surface area contributed by atoms with Crippen LogP contribution in [0.1, 0.15) is 43.4 Å². The van der Waals surface area contributed by atoms with Crippen molar-refractivity contribution in [2.75, 3.05) is 38.6 Å². The highest BCUT2D eigenvalue weighted by Crippen LogP contribution is 2.44. The van der Waals surface area contributed by atoms with Crippen molar-refractivity contribution >= 4 is 16.5 Å². The van der Waals surface area contributed by atoms with Gasteiger partial charge < -0.3 is 14.9 Å². The van der Waals surface area contributed by atoms with Crippen LogP contribution in [-0.2, 0) is 6.42 Å². The minimum atomic E-state index is -0.332. The van der Waals surface area contributed by atoms with Crippen LogP contribution in [0.15, 0.2) is 0 Å². The first-order valence-electron chi connectivity index (χ1n) is 7.91. The van der Waals surface area contributed by atoms with E-state index in [4.69, 9.17) is 4.98 Å². The highest BCUT2D eigenvalue weighted by Gasteiger charge is 2.34. The number of likely N-dealkylation sites (tertiary alicyclic amines) is 1. The number of nitrogens with zero attached hydrogens (tertiary/aromatic N) is 3. The van der Waals surface area contributed by atoms with Gasteiger partial charge in [-0.3, -0.25) is 0 Å². The lowest BCUT2D eigenvalue weighted by Crippen LogP contribution is -2.27. The number of aromatic nitrogens is 1. The van der Waals surface area contributed by atoms with Crippen LogP contribution >= 0.6 is 11.3 Å². The van der Waals surface area contributed by atoms with Crippen molar-refractivity contribution in [3.63, 3.8) is 0 Å². The minimum absolute atomic E-state index is 0.157. The molecular weight excluding hydrogens is 282 g/mol. The van der Waals surface area contributed by atoms with Crippen molar-refractivity contribution in [3.8, 4) is 0 Å². The lowest BCUT2D eigenvalue weighted by molar-refractivity contribution is 0.102. The Kier molecular flexibility index (Phi) is 4.01. The maximum absolute atomic E-state index is 10.4. The highest BCUT2D eigenvalue weighted by atomic mass is 32.1. The number of rotatable bonds is 3. The smallest absolute Gasteiger partial charge is 0.185 e. The summed E-state index contributed by atoms with van der Waals surface area (Å²) in [4.78, 5) is 10.6. The van der Waals surface area contributed by atoms with E-state index in [9.17, 15) is 5.11 Å². The van der Waals surface area contributed by atoms with E-state index in [2.05, 4.69) is 37.7 Å². The van der Waals surface area contributed by atoms with Crippen LogP contribution in [0.3, 0.4) is 0 Å². The molecule has 1 aromatic rings. The molecule has 4 nitrogen and oxygen atoms in total. The number of aliphatic hydroxyl groups excluding tert-OH is 1. The number of fused-ring (bicyclic) bond motifs is 1. The molecule has 0 saturated carbocycles. The molecule has 0 radical (unpaired) electrons. The molecule has 1 saturated heterocycles. The third-order valence-electron chi connectivity index (χ3n) is 4.76. The zero-order valence-corrected chi connectivity index (χ0v) is 14.4. The fraction of sp³-hybridized carbons (Fsp3) is 0.812. The summed E-state index contributed by atoms with van der Waals surface area (Å²) < 4.78 is 0. The van der Waals surface area contributed by atoms with Crippen molar-refractivity contribution in [2.45, 2.75) is 39.2 Å². The molecule has 3 rings (SSSR count). The van der Waals surface area contributed by atoms with E-state index in [0.29, 0.717) is 0 Å². The molecule has 0 bridgehead atoms. The Bertz CT molecular complexity index is 514. The van der Waals surface area contributed by atoms with E-state index in [1.165, 1.54) is 19.5 Å². The average Bonchev–Trinajstić information content (AvgIpc) is 2.94. The fourth-order valence-corrected chi connectivity index (χ4v) is 4.72. The number of aliphatic hydroxyl groups is 1. The summed E-state index contributed by atoms with van der Waals surface area (Å²) in [5, 5.41) is 11.4. The number of hydrogen-bond donors (Lipinski definition) is 1. The Morgan fingerprint density at radius 3 is 2.90 bits per heavy atom. The Balaban J connectivity index is 1.72. The van der Waals surface area contributed by atoms with Gasteiger partial charge in [-0.15, -0.1) is 0 Å². The van der Waals surface area contributed by atoms with Gasteiger partial charge in [0.05, 0.1) is 16.7 Å². The second-order valence-electron chi connectivity index (χ2n) is 7.67. The van der Waals surface area contributed by atoms with Crippen LogP contribution in [0.5, 0.6) is 0 Å². The minimum Gasteiger partial charge on any atom is -0.387 e.